The summed E-state index contributed by atoms with van der Waals surface area (Å²) in [5.41, 5.74) is 6.66. The predicted octanol–water partition coefficient (Wildman–Crippen LogP) is 5.67. The number of anilines is 1. The number of nitrogens with one attached hydrogen (secondary N) is 1. The second kappa shape index (κ2) is 8.71. The lowest BCUT2D eigenvalue weighted by atomic mass is 9.96. The van der Waals surface area contributed by atoms with Gasteiger partial charge in [0.05, 0.1) is 24.9 Å². The van der Waals surface area contributed by atoms with E-state index in [1.54, 1.807) is 7.11 Å². The molecule has 0 saturated carbocycles. The Morgan fingerprint density at radius 3 is 2.39 bits per heavy atom. The molecule has 2 unspecified atom stereocenters. The Hall–Kier alpha value is -3.64. The van der Waals surface area contributed by atoms with Gasteiger partial charge >= 0.3 is 0 Å². The first-order valence-corrected chi connectivity index (χ1v) is 11.4. The minimum Gasteiger partial charge on any atom is -0.497 e. The molecule has 166 valence electrons. The molecule has 1 N–H and O–H groups in total. The van der Waals surface area contributed by atoms with Gasteiger partial charge in [-0.3, -0.25) is 4.98 Å². The smallest absolute Gasteiger partial charge is 0.174 e. The summed E-state index contributed by atoms with van der Waals surface area (Å²) in [5, 5.41) is 4.22. The summed E-state index contributed by atoms with van der Waals surface area (Å²) in [5.74, 6) is 0.796. The van der Waals surface area contributed by atoms with Crippen LogP contribution in [0.3, 0.4) is 0 Å². The highest BCUT2D eigenvalue weighted by molar-refractivity contribution is 7.80. The lowest BCUT2D eigenvalue weighted by molar-refractivity contribution is 0.415. The summed E-state index contributed by atoms with van der Waals surface area (Å²) < 4.78 is 7.80. The molecule has 1 fully saturated rings. The number of ether oxygens (including phenoxy) is 1. The van der Waals surface area contributed by atoms with E-state index in [0.29, 0.717) is 5.11 Å². The van der Waals surface area contributed by atoms with Crippen molar-refractivity contribution in [3.8, 4) is 11.4 Å². The van der Waals surface area contributed by atoms with E-state index in [1.165, 1.54) is 17.0 Å². The van der Waals surface area contributed by atoms with Crippen molar-refractivity contribution in [2.24, 2.45) is 0 Å². The van der Waals surface area contributed by atoms with Crippen molar-refractivity contribution >= 4 is 23.0 Å². The molecular weight excluding hydrogens is 428 g/mol. The highest BCUT2D eigenvalue weighted by Gasteiger charge is 2.42. The maximum atomic E-state index is 5.87. The van der Waals surface area contributed by atoms with Crippen molar-refractivity contribution in [1.29, 1.82) is 0 Å². The van der Waals surface area contributed by atoms with E-state index in [0.717, 1.165) is 22.8 Å². The normalized spacial score (nSPS) is 17.8. The van der Waals surface area contributed by atoms with Crippen LogP contribution in [0, 0.1) is 13.8 Å². The molecule has 6 heteroatoms. The molecule has 3 heterocycles. The van der Waals surface area contributed by atoms with Crippen LogP contribution < -0.4 is 15.0 Å². The maximum Gasteiger partial charge on any atom is 0.174 e. The molecule has 1 aliphatic heterocycles. The first-order valence-electron chi connectivity index (χ1n) is 11.0. The van der Waals surface area contributed by atoms with Crippen LogP contribution in [0.25, 0.3) is 5.69 Å². The standard InChI is InChI=1S/C27H26N4OS/c1-18-16-23(19(2)30(18)20-10-5-4-6-11-20)26-25(24-14-7-8-15-28-24)29-27(33)31(26)21-12-9-13-22(17-21)32-3/h4-17,25-26H,1-3H3,(H,29,33). The molecule has 1 aliphatic rings. The molecule has 4 aromatic rings. The SMILES string of the molecule is COc1cccc(N2C(=S)NC(c3ccccn3)C2c2cc(C)n(-c3ccccc3)c2C)c1. The summed E-state index contributed by atoms with van der Waals surface area (Å²) in [6.45, 7) is 4.33. The number of aryl methyl sites for hydroxylation is 1. The molecule has 0 bridgehead atoms. The van der Waals surface area contributed by atoms with Gasteiger partial charge in [0.1, 0.15) is 5.75 Å². The van der Waals surface area contributed by atoms with E-state index < -0.39 is 0 Å². The van der Waals surface area contributed by atoms with Crippen molar-refractivity contribution in [2.45, 2.75) is 25.9 Å². The fraction of sp³-hybridized carbons (Fsp3) is 0.185. The second-order valence-electron chi connectivity index (χ2n) is 8.20. The van der Waals surface area contributed by atoms with Gasteiger partial charge in [-0.15, -0.1) is 0 Å². The van der Waals surface area contributed by atoms with Crippen LogP contribution in [-0.4, -0.2) is 21.8 Å². The van der Waals surface area contributed by atoms with Crippen molar-refractivity contribution in [3.63, 3.8) is 0 Å². The van der Waals surface area contributed by atoms with Gasteiger partial charge in [-0.25, -0.2) is 0 Å². The van der Waals surface area contributed by atoms with Gasteiger partial charge in [0.2, 0.25) is 0 Å². The van der Waals surface area contributed by atoms with Gasteiger partial charge in [0, 0.05) is 35.0 Å². The zero-order valence-corrected chi connectivity index (χ0v) is 19.7. The first-order chi connectivity index (χ1) is 16.1. The molecule has 0 radical (unpaired) electrons. The van der Waals surface area contributed by atoms with Crippen LogP contribution in [0.4, 0.5) is 5.69 Å². The van der Waals surface area contributed by atoms with Crippen molar-refractivity contribution in [3.05, 3.63) is 108 Å². The molecule has 0 amide bonds. The van der Waals surface area contributed by atoms with Crippen molar-refractivity contribution in [2.75, 3.05) is 12.0 Å². The third-order valence-electron chi connectivity index (χ3n) is 6.23. The lowest BCUT2D eigenvalue weighted by Gasteiger charge is -2.28. The largest absolute Gasteiger partial charge is 0.497 e. The molecule has 2 aromatic carbocycles. The van der Waals surface area contributed by atoms with Gasteiger partial charge in [-0.05, 0) is 74.1 Å². The number of thiocarbonyl (C=S) groups is 1. The second-order valence-corrected chi connectivity index (χ2v) is 8.58. The molecule has 2 aromatic heterocycles. The van der Waals surface area contributed by atoms with Crippen LogP contribution in [0.5, 0.6) is 5.75 Å². The van der Waals surface area contributed by atoms with Crippen LogP contribution in [-0.2, 0) is 0 Å². The molecule has 33 heavy (non-hydrogen) atoms. The summed E-state index contributed by atoms with van der Waals surface area (Å²) in [6.07, 6.45) is 1.83. The zero-order chi connectivity index (χ0) is 22.9. The van der Waals surface area contributed by atoms with E-state index in [-0.39, 0.29) is 12.1 Å². The van der Waals surface area contributed by atoms with E-state index >= 15 is 0 Å². The number of nitrogens with zero attached hydrogens (tertiary/aromatic N) is 3. The number of methoxy groups -OCH3 is 1. The molecular formula is C27H26N4OS. The number of hydrogen-bond acceptors (Lipinski definition) is 3. The van der Waals surface area contributed by atoms with Gasteiger partial charge in [0.15, 0.2) is 5.11 Å². The Morgan fingerprint density at radius 2 is 1.67 bits per heavy atom. The van der Waals surface area contributed by atoms with Crippen LogP contribution in [0.2, 0.25) is 0 Å². The monoisotopic (exact) mass is 454 g/mol. The van der Waals surface area contributed by atoms with Gasteiger partial charge in [-0.2, -0.15) is 0 Å². The Kier molecular flexibility index (Phi) is 5.60. The highest BCUT2D eigenvalue weighted by Crippen LogP contribution is 2.44. The van der Waals surface area contributed by atoms with E-state index in [1.807, 2.05) is 42.6 Å². The van der Waals surface area contributed by atoms with E-state index in [2.05, 4.69) is 76.1 Å². The fourth-order valence-electron chi connectivity index (χ4n) is 4.77. The molecule has 1 saturated heterocycles. The third kappa shape index (κ3) is 3.76. The van der Waals surface area contributed by atoms with Gasteiger partial charge in [-0.1, -0.05) is 30.3 Å². The lowest BCUT2D eigenvalue weighted by Crippen LogP contribution is -2.29. The molecule has 0 spiro atoms. The molecule has 5 nitrogen and oxygen atoms in total. The van der Waals surface area contributed by atoms with Crippen molar-refractivity contribution < 1.29 is 4.74 Å². The van der Waals surface area contributed by atoms with Crippen LogP contribution in [0.1, 0.15) is 34.7 Å². The minimum atomic E-state index is -0.0883. The fourth-order valence-corrected chi connectivity index (χ4v) is 5.12. The Balaban J connectivity index is 1.68. The molecule has 5 rings (SSSR count). The molecule has 2 atom stereocenters. The number of aromatic nitrogens is 2. The van der Waals surface area contributed by atoms with Gasteiger partial charge < -0.3 is 19.5 Å². The van der Waals surface area contributed by atoms with Crippen molar-refractivity contribution in [1.82, 2.24) is 14.9 Å². The van der Waals surface area contributed by atoms with Gasteiger partial charge in [0.25, 0.3) is 0 Å². The highest BCUT2D eigenvalue weighted by atomic mass is 32.1. The number of hydrogen-bond donors (Lipinski definition) is 1. The number of benzene rings is 2. The third-order valence-corrected chi connectivity index (χ3v) is 6.55. The van der Waals surface area contributed by atoms with E-state index in [9.17, 15) is 0 Å². The first kappa shape index (κ1) is 21.2. The topological polar surface area (TPSA) is 42.3 Å². The Bertz CT molecular complexity index is 1290. The summed E-state index contributed by atoms with van der Waals surface area (Å²) >= 11 is 5.87. The Labute approximate surface area is 199 Å². The average molecular weight is 455 g/mol. The summed E-state index contributed by atoms with van der Waals surface area (Å²) in [7, 11) is 1.68. The van der Waals surface area contributed by atoms with Crippen LogP contribution in [0.15, 0.2) is 85.1 Å². The number of pyridine rings is 1. The maximum absolute atomic E-state index is 5.87. The summed E-state index contributed by atoms with van der Waals surface area (Å²) in [6, 6.07) is 26.6. The van der Waals surface area contributed by atoms with E-state index in [4.69, 9.17) is 17.0 Å². The Morgan fingerprint density at radius 1 is 0.909 bits per heavy atom. The quantitative estimate of drug-likeness (QED) is 0.393. The number of para-hydroxylation sites is 1. The zero-order valence-electron chi connectivity index (χ0n) is 18.9. The number of rotatable bonds is 5. The predicted molar refractivity (Wildman–Crippen MR) is 136 cm³/mol. The minimum absolute atomic E-state index is 0.0665. The van der Waals surface area contributed by atoms with Crippen LogP contribution >= 0.6 is 12.2 Å². The molecule has 0 aliphatic carbocycles. The average Bonchev–Trinajstić information content (AvgIpc) is 3.35. The summed E-state index contributed by atoms with van der Waals surface area (Å²) in [4.78, 5) is 6.86.